The molecule has 0 aliphatic rings. The fourth-order valence-corrected chi connectivity index (χ4v) is 1.88. The van der Waals surface area contributed by atoms with Crippen LogP contribution in [0.3, 0.4) is 0 Å². The minimum atomic E-state index is -0.603. The minimum Gasteiger partial charge on any atom is -0.464 e. The average Bonchev–Trinajstić information content (AvgIpc) is 2.60. The highest BCUT2D eigenvalue weighted by molar-refractivity contribution is 5.75. The lowest BCUT2D eigenvalue weighted by atomic mass is 9.89. The van der Waals surface area contributed by atoms with Crippen LogP contribution >= 0.6 is 0 Å². The van der Waals surface area contributed by atoms with E-state index in [9.17, 15) is 4.79 Å². The van der Waals surface area contributed by atoms with E-state index in [-0.39, 0.29) is 12.6 Å². The number of esters is 1. The molecular formula is C20H34O5. The Morgan fingerprint density at radius 2 is 1.24 bits per heavy atom. The van der Waals surface area contributed by atoms with Crippen molar-refractivity contribution in [2.45, 2.75) is 27.2 Å². The molecule has 5 nitrogen and oxygen atoms in total. The summed E-state index contributed by atoms with van der Waals surface area (Å²) in [5.41, 5.74) is -1.13. The van der Waals surface area contributed by atoms with Gasteiger partial charge in [0.05, 0.1) is 50.5 Å². The number of hydrogen-bond acceptors (Lipinski definition) is 5. The topological polar surface area (TPSA) is 54.0 Å². The normalized spacial score (nSPS) is 11.8. The lowest BCUT2D eigenvalue weighted by molar-refractivity contribution is -0.164. The van der Waals surface area contributed by atoms with Crippen molar-refractivity contribution in [3.8, 4) is 0 Å². The van der Waals surface area contributed by atoms with Crippen molar-refractivity contribution in [2.24, 2.45) is 10.8 Å². The summed E-state index contributed by atoms with van der Waals surface area (Å²) in [6.45, 7) is 19.0. The van der Waals surface area contributed by atoms with Crippen LogP contribution in [0, 0.1) is 10.8 Å². The molecule has 0 amide bonds. The molecule has 0 N–H and O–H groups in total. The summed E-state index contributed by atoms with van der Waals surface area (Å²) in [5, 5.41) is 0. The van der Waals surface area contributed by atoms with Gasteiger partial charge in [-0.15, -0.1) is 19.7 Å². The molecule has 0 rings (SSSR count). The molecule has 0 spiro atoms. The Morgan fingerprint density at radius 1 is 0.840 bits per heavy atom. The highest BCUT2D eigenvalue weighted by Gasteiger charge is 2.36. The zero-order chi connectivity index (χ0) is 19.2. The van der Waals surface area contributed by atoms with Crippen LogP contribution in [0.5, 0.6) is 0 Å². The average molecular weight is 354 g/mol. The summed E-state index contributed by atoms with van der Waals surface area (Å²) >= 11 is 0. The second-order valence-corrected chi connectivity index (χ2v) is 6.72. The van der Waals surface area contributed by atoms with E-state index in [4.69, 9.17) is 18.9 Å². The second kappa shape index (κ2) is 12.9. The molecule has 0 bridgehead atoms. The monoisotopic (exact) mass is 354 g/mol. The molecule has 0 saturated carbocycles. The van der Waals surface area contributed by atoms with Gasteiger partial charge < -0.3 is 18.9 Å². The van der Waals surface area contributed by atoms with Crippen LogP contribution in [-0.4, -0.2) is 52.2 Å². The number of ether oxygens (including phenoxy) is 4. The number of carbonyl (C=O) groups excluding carboxylic acids is 1. The fraction of sp³-hybridized carbons (Fsp3) is 0.650. The Balaban J connectivity index is 5.09. The molecule has 0 saturated heterocycles. The van der Waals surface area contributed by atoms with E-state index in [0.29, 0.717) is 46.1 Å². The Hall–Kier alpha value is -1.43. The smallest absolute Gasteiger partial charge is 0.311 e. The fourth-order valence-electron chi connectivity index (χ4n) is 1.88. The molecule has 5 heteroatoms. The van der Waals surface area contributed by atoms with Crippen molar-refractivity contribution in [1.82, 2.24) is 0 Å². The summed E-state index contributed by atoms with van der Waals surface area (Å²) < 4.78 is 22.5. The van der Waals surface area contributed by atoms with Crippen molar-refractivity contribution in [2.75, 3.05) is 46.2 Å². The van der Waals surface area contributed by atoms with Crippen LogP contribution in [-0.2, 0) is 23.7 Å². The van der Waals surface area contributed by atoms with E-state index in [1.54, 1.807) is 18.2 Å². The molecule has 0 aromatic carbocycles. The summed E-state index contributed by atoms with van der Waals surface area (Å²) in [6, 6.07) is 0. The molecule has 0 heterocycles. The third-order valence-corrected chi connectivity index (χ3v) is 3.88. The van der Waals surface area contributed by atoms with Gasteiger partial charge in [-0.25, -0.2) is 0 Å². The van der Waals surface area contributed by atoms with Gasteiger partial charge in [0, 0.05) is 0 Å². The van der Waals surface area contributed by atoms with Crippen LogP contribution < -0.4 is 0 Å². The van der Waals surface area contributed by atoms with Crippen LogP contribution in [0.2, 0.25) is 0 Å². The molecule has 0 aromatic heterocycles. The van der Waals surface area contributed by atoms with Gasteiger partial charge in [0.25, 0.3) is 0 Å². The van der Waals surface area contributed by atoms with Gasteiger partial charge in [0.15, 0.2) is 0 Å². The van der Waals surface area contributed by atoms with E-state index in [1.165, 1.54) is 0 Å². The van der Waals surface area contributed by atoms with Gasteiger partial charge in [0.1, 0.15) is 6.61 Å². The lowest BCUT2D eigenvalue weighted by Gasteiger charge is -2.33. The Kier molecular flexibility index (Phi) is 12.1. The third-order valence-electron chi connectivity index (χ3n) is 3.88. The maximum atomic E-state index is 12.3. The van der Waals surface area contributed by atoms with E-state index in [1.807, 2.05) is 20.8 Å². The number of hydrogen-bond donors (Lipinski definition) is 0. The molecule has 0 unspecified atom stereocenters. The van der Waals surface area contributed by atoms with Crippen molar-refractivity contribution < 1.29 is 23.7 Å². The van der Waals surface area contributed by atoms with Gasteiger partial charge in [-0.05, 0) is 20.3 Å². The van der Waals surface area contributed by atoms with Crippen LogP contribution in [0.25, 0.3) is 0 Å². The van der Waals surface area contributed by atoms with Crippen molar-refractivity contribution in [3.05, 3.63) is 38.0 Å². The molecular weight excluding hydrogens is 320 g/mol. The summed E-state index contributed by atoms with van der Waals surface area (Å²) in [7, 11) is 0. The highest BCUT2D eigenvalue weighted by Crippen LogP contribution is 2.25. The number of rotatable bonds is 16. The zero-order valence-electron chi connectivity index (χ0n) is 16.1. The Labute approximate surface area is 152 Å². The highest BCUT2D eigenvalue weighted by atomic mass is 16.5. The van der Waals surface area contributed by atoms with E-state index < -0.39 is 10.8 Å². The SMILES string of the molecule is C=CCOCC(COCC=C)(COCC=C)COC(=O)C(C)(C)CC. The molecule has 0 fully saturated rings. The number of carbonyl (C=O) groups is 1. The van der Waals surface area contributed by atoms with Gasteiger partial charge in [-0.2, -0.15) is 0 Å². The van der Waals surface area contributed by atoms with Gasteiger partial charge in [-0.3, -0.25) is 4.79 Å². The third kappa shape index (κ3) is 9.58. The lowest BCUT2D eigenvalue weighted by Crippen LogP contribution is -2.43. The first kappa shape index (κ1) is 23.6. The molecule has 0 aliphatic heterocycles. The quantitative estimate of drug-likeness (QED) is 0.241. The molecule has 25 heavy (non-hydrogen) atoms. The predicted octanol–water partition coefficient (Wildman–Crippen LogP) is 3.56. The van der Waals surface area contributed by atoms with Crippen molar-refractivity contribution >= 4 is 5.97 Å². The van der Waals surface area contributed by atoms with Gasteiger partial charge in [0.2, 0.25) is 0 Å². The molecule has 0 atom stereocenters. The molecule has 0 aliphatic carbocycles. The largest absolute Gasteiger partial charge is 0.464 e. The first-order valence-electron chi connectivity index (χ1n) is 8.60. The van der Waals surface area contributed by atoms with Crippen LogP contribution in [0.4, 0.5) is 0 Å². The predicted molar refractivity (Wildman–Crippen MR) is 101 cm³/mol. The molecule has 0 radical (unpaired) electrons. The maximum Gasteiger partial charge on any atom is 0.311 e. The minimum absolute atomic E-state index is 0.153. The summed E-state index contributed by atoms with van der Waals surface area (Å²) in [5.74, 6) is -0.240. The van der Waals surface area contributed by atoms with E-state index in [2.05, 4.69) is 19.7 Å². The van der Waals surface area contributed by atoms with E-state index in [0.717, 1.165) is 0 Å². The van der Waals surface area contributed by atoms with Gasteiger partial charge in [-0.1, -0.05) is 25.2 Å². The van der Waals surface area contributed by atoms with Crippen molar-refractivity contribution in [1.29, 1.82) is 0 Å². The molecule has 144 valence electrons. The summed E-state index contributed by atoms with van der Waals surface area (Å²) in [6.07, 6.45) is 5.72. The van der Waals surface area contributed by atoms with Crippen LogP contribution in [0.1, 0.15) is 27.2 Å². The standard InChI is InChI=1S/C20H34O5/c1-7-11-22-14-20(15-23-12-8-2,16-24-13-9-3)17-25-18(21)19(5,6)10-4/h7-9H,1-3,10-17H2,4-6H3. The Bertz CT molecular complexity index is 378. The zero-order valence-corrected chi connectivity index (χ0v) is 16.1. The molecule has 0 aromatic rings. The Morgan fingerprint density at radius 3 is 1.56 bits per heavy atom. The van der Waals surface area contributed by atoms with Gasteiger partial charge >= 0.3 is 5.97 Å². The maximum absolute atomic E-state index is 12.3. The van der Waals surface area contributed by atoms with E-state index >= 15 is 0 Å². The summed E-state index contributed by atoms with van der Waals surface area (Å²) in [4.78, 5) is 12.3. The van der Waals surface area contributed by atoms with Crippen LogP contribution in [0.15, 0.2) is 38.0 Å². The second-order valence-electron chi connectivity index (χ2n) is 6.72. The van der Waals surface area contributed by atoms with Crippen molar-refractivity contribution in [3.63, 3.8) is 0 Å². The first-order valence-corrected chi connectivity index (χ1v) is 8.60. The first-order chi connectivity index (χ1) is 11.9.